The van der Waals surface area contributed by atoms with Crippen molar-refractivity contribution in [3.8, 4) is 0 Å². The second kappa shape index (κ2) is 8.16. The maximum atomic E-state index is 13.2. The van der Waals surface area contributed by atoms with Crippen molar-refractivity contribution in [3.05, 3.63) is 23.9 Å². The normalized spacial score (nSPS) is 29.6. The Labute approximate surface area is 187 Å². The van der Waals surface area contributed by atoms with Gasteiger partial charge in [-0.1, -0.05) is 20.4 Å². The van der Waals surface area contributed by atoms with E-state index in [0.29, 0.717) is 12.8 Å². The number of fused-ring (bicyclic) bond motifs is 2. The lowest BCUT2D eigenvalue weighted by Crippen LogP contribution is -2.54. The highest BCUT2D eigenvalue weighted by atomic mass is 32.2. The number of alkyl halides is 3. The summed E-state index contributed by atoms with van der Waals surface area (Å²) in [6.07, 6.45) is -1.95. The number of rotatable bonds is 5. The van der Waals surface area contributed by atoms with E-state index >= 15 is 0 Å². The summed E-state index contributed by atoms with van der Waals surface area (Å²) < 4.78 is 66.2. The molecule has 3 aliphatic rings. The molecule has 3 fully saturated rings. The lowest BCUT2D eigenvalue weighted by molar-refractivity contribution is -0.128. The third-order valence-electron chi connectivity index (χ3n) is 7.66. The molecular weight excluding hydrogens is 445 g/mol. The molecule has 2 atom stereocenters. The summed E-state index contributed by atoms with van der Waals surface area (Å²) in [6, 6.07) is 0. The zero-order valence-corrected chi connectivity index (χ0v) is 19.5. The minimum atomic E-state index is -4.60. The predicted octanol–water partition coefficient (Wildman–Crippen LogP) is 2.32. The van der Waals surface area contributed by atoms with E-state index in [2.05, 4.69) is 11.6 Å². The first-order valence-corrected chi connectivity index (χ1v) is 12.2. The molecule has 180 valence electrons. The molecule has 32 heavy (non-hydrogen) atoms. The topological polar surface area (TPSA) is 96.1 Å². The van der Waals surface area contributed by atoms with Crippen molar-refractivity contribution in [2.75, 3.05) is 39.0 Å². The highest BCUT2D eigenvalue weighted by Crippen LogP contribution is 2.64. The zero-order valence-electron chi connectivity index (χ0n) is 18.7. The van der Waals surface area contributed by atoms with Gasteiger partial charge in [0.25, 0.3) is 0 Å². The van der Waals surface area contributed by atoms with Crippen LogP contribution in [0.3, 0.4) is 0 Å². The van der Waals surface area contributed by atoms with Crippen molar-refractivity contribution < 1.29 is 26.4 Å². The van der Waals surface area contributed by atoms with Gasteiger partial charge in [-0.05, 0) is 30.3 Å². The van der Waals surface area contributed by atoms with Crippen LogP contribution in [0.4, 0.5) is 13.2 Å². The number of hydrogen-bond acceptors (Lipinski definition) is 5. The molecule has 2 saturated carbocycles. The molecule has 2 aliphatic carbocycles. The van der Waals surface area contributed by atoms with Gasteiger partial charge >= 0.3 is 6.18 Å². The Bertz CT molecular complexity index is 963. The number of nitrogens with zero attached hydrogens (tertiary/aromatic N) is 3. The first-order valence-electron chi connectivity index (χ1n) is 10.6. The monoisotopic (exact) mass is 476 g/mol. The lowest BCUT2D eigenvalue weighted by atomic mass is 9.70. The van der Waals surface area contributed by atoms with E-state index in [9.17, 15) is 26.4 Å². The fourth-order valence-corrected chi connectivity index (χ4v) is 7.68. The minimum Gasteiger partial charge on any atom is -0.396 e. The van der Waals surface area contributed by atoms with Crippen molar-refractivity contribution in [3.63, 3.8) is 0 Å². The number of piperazine rings is 1. The first-order chi connectivity index (χ1) is 14.7. The third-order valence-corrected chi connectivity index (χ3v) is 9.67. The molecule has 11 heteroatoms. The molecule has 3 rings (SSSR count). The summed E-state index contributed by atoms with van der Waals surface area (Å²) in [5.41, 5.74) is 3.38. The SMILES string of the molecule is C=C(/C=C(/N)C(=NC)N1CCN(S(=O)(=O)C[C@]23CC[C@H](CC2=O)C3(C)C)CC1)C(F)(F)F. The third kappa shape index (κ3) is 4.09. The number of carbonyl (C=O) groups excluding carboxylic acids is 1. The van der Waals surface area contributed by atoms with E-state index in [4.69, 9.17) is 5.73 Å². The van der Waals surface area contributed by atoms with E-state index < -0.39 is 27.2 Å². The fraction of sp³-hybridized carbons (Fsp3) is 0.714. The largest absolute Gasteiger partial charge is 0.415 e. The van der Waals surface area contributed by atoms with Crippen LogP contribution in [0, 0.1) is 16.7 Å². The van der Waals surface area contributed by atoms with Crippen LogP contribution in [0.1, 0.15) is 33.1 Å². The number of ketones is 1. The average Bonchev–Trinajstić information content (AvgIpc) is 3.02. The summed E-state index contributed by atoms with van der Waals surface area (Å²) in [6.45, 7) is 7.72. The minimum absolute atomic E-state index is 0.0455. The van der Waals surface area contributed by atoms with Crippen LogP contribution in [-0.2, 0) is 14.8 Å². The van der Waals surface area contributed by atoms with Gasteiger partial charge in [0.2, 0.25) is 10.0 Å². The number of nitrogens with two attached hydrogens (primary N) is 1. The van der Waals surface area contributed by atoms with E-state index in [-0.39, 0.29) is 60.6 Å². The van der Waals surface area contributed by atoms with Crippen LogP contribution in [0.25, 0.3) is 0 Å². The molecule has 2 N–H and O–H groups in total. The van der Waals surface area contributed by atoms with E-state index in [1.807, 2.05) is 13.8 Å². The summed E-state index contributed by atoms with van der Waals surface area (Å²) in [5, 5.41) is 0. The molecule has 0 unspecified atom stereocenters. The van der Waals surface area contributed by atoms with Gasteiger partial charge in [0.05, 0.1) is 17.0 Å². The second-order valence-electron chi connectivity index (χ2n) is 9.48. The van der Waals surface area contributed by atoms with E-state index in [1.54, 1.807) is 4.90 Å². The van der Waals surface area contributed by atoms with Crippen molar-refractivity contribution >= 4 is 21.6 Å². The number of aliphatic imine (C=N–C) groups is 1. The molecule has 0 radical (unpaired) electrons. The number of carbonyl (C=O) groups is 1. The van der Waals surface area contributed by atoms with Crippen molar-refractivity contribution in [2.45, 2.75) is 39.3 Å². The maximum Gasteiger partial charge on any atom is 0.415 e. The van der Waals surface area contributed by atoms with E-state index in [0.717, 1.165) is 12.5 Å². The molecule has 0 aromatic carbocycles. The predicted molar refractivity (Wildman–Crippen MR) is 116 cm³/mol. The number of allylic oxidation sites excluding steroid dienone is 2. The molecule has 0 aromatic rings. The second-order valence-corrected chi connectivity index (χ2v) is 11.4. The Morgan fingerprint density at radius 1 is 1.28 bits per heavy atom. The molecule has 0 amide bonds. The molecule has 1 saturated heterocycles. The van der Waals surface area contributed by atoms with Gasteiger partial charge in [0.15, 0.2) is 0 Å². The molecule has 1 heterocycles. The summed E-state index contributed by atoms with van der Waals surface area (Å²) in [5.74, 6) is 0.248. The summed E-state index contributed by atoms with van der Waals surface area (Å²) in [4.78, 5) is 18.4. The van der Waals surface area contributed by atoms with Gasteiger partial charge < -0.3 is 10.6 Å². The number of hydrogen-bond donors (Lipinski definition) is 1. The highest BCUT2D eigenvalue weighted by molar-refractivity contribution is 7.89. The summed E-state index contributed by atoms with van der Waals surface area (Å²) >= 11 is 0. The van der Waals surface area contributed by atoms with Gasteiger partial charge in [0, 0.05) is 45.1 Å². The Hall–Kier alpha value is -1.88. The van der Waals surface area contributed by atoms with Gasteiger partial charge in [-0.15, -0.1) is 0 Å². The first kappa shape index (κ1) is 24.8. The highest BCUT2D eigenvalue weighted by Gasteiger charge is 2.65. The number of halogens is 3. The smallest absolute Gasteiger partial charge is 0.396 e. The fourth-order valence-electron chi connectivity index (χ4n) is 5.48. The molecule has 0 spiro atoms. The van der Waals surface area contributed by atoms with Gasteiger partial charge in [-0.2, -0.15) is 17.5 Å². The van der Waals surface area contributed by atoms with Gasteiger partial charge in [0.1, 0.15) is 11.6 Å². The standard InChI is InChI=1S/C21H31F3N4O3S/c1-14(21(22,23)24)11-16(25)18(26-4)27-7-9-28(10-8-27)32(30,31)13-20-6-5-15(12-17(20)29)19(20,2)3/h11,15H,1,5-10,12-13,25H2,2-4H3/b16-11+,26-18?/t15-,20-/m1/s1. The Morgan fingerprint density at radius 3 is 2.31 bits per heavy atom. The Morgan fingerprint density at radius 2 is 1.88 bits per heavy atom. The number of amidine groups is 1. The van der Waals surface area contributed by atoms with Crippen LogP contribution in [0.15, 0.2) is 28.9 Å². The zero-order chi connectivity index (χ0) is 24.1. The van der Waals surface area contributed by atoms with Crippen LogP contribution in [0.2, 0.25) is 0 Å². The van der Waals surface area contributed by atoms with Crippen LogP contribution < -0.4 is 5.73 Å². The van der Waals surface area contributed by atoms with Crippen LogP contribution in [0.5, 0.6) is 0 Å². The molecule has 1 aliphatic heterocycles. The quantitative estimate of drug-likeness (QED) is 0.373. The van der Waals surface area contributed by atoms with Gasteiger partial charge in [-0.3, -0.25) is 9.79 Å². The lowest BCUT2D eigenvalue weighted by Gasteiger charge is -2.40. The van der Waals surface area contributed by atoms with E-state index in [1.165, 1.54) is 11.4 Å². The van der Waals surface area contributed by atoms with Gasteiger partial charge in [-0.25, -0.2) is 8.42 Å². The molecule has 7 nitrogen and oxygen atoms in total. The van der Waals surface area contributed by atoms with Crippen LogP contribution >= 0.6 is 0 Å². The van der Waals surface area contributed by atoms with Crippen molar-refractivity contribution in [1.82, 2.24) is 9.21 Å². The number of sulfonamides is 1. The molecular formula is C21H31F3N4O3S. The van der Waals surface area contributed by atoms with Crippen LogP contribution in [-0.4, -0.2) is 74.4 Å². The average molecular weight is 477 g/mol. The van der Waals surface area contributed by atoms with Crippen molar-refractivity contribution in [2.24, 2.45) is 27.5 Å². The van der Waals surface area contributed by atoms with Crippen molar-refractivity contribution in [1.29, 1.82) is 0 Å². The number of Topliss-reactive ketones (excluding diaryl/α,β-unsaturated/α-hetero) is 1. The maximum absolute atomic E-state index is 13.2. The molecule has 2 bridgehead atoms. The summed E-state index contributed by atoms with van der Waals surface area (Å²) in [7, 11) is -2.28. The molecule has 0 aromatic heterocycles. The Balaban J connectivity index is 1.69. The Kier molecular flexibility index (Phi) is 6.31.